The fraction of sp³-hybridized carbons (Fsp3) is 0.350. The van der Waals surface area contributed by atoms with E-state index in [1.165, 1.54) is 11.1 Å². The Morgan fingerprint density at radius 3 is 1.26 bits per heavy atom. The van der Waals surface area contributed by atoms with E-state index in [2.05, 4.69) is 62.4 Å². The SMILES string of the molecule is CCCc1ccc(-c2cc(OC)ccc2OC(=O)C2CCC(C(=O)Oc3ccc(OC)cc3-c3ccc(CCC)cc3)CC2)cc1. The second-order valence-electron chi connectivity index (χ2n) is 12.0. The van der Waals surface area contributed by atoms with Gasteiger partial charge in [-0.25, -0.2) is 0 Å². The number of ether oxygens (including phenoxy) is 4. The second-order valence-corrected chi connectivity index (χ2v) is 12.0. The summed E-state index contributed by atoms with van der Waals surface area (Å²) in [4.78, 5) is 26.7. The number of hydrogen-bond donors (Lipinski definition) is 0. The standard InChI is InChI=1S/C40H44O6/c1-5-7-27-9-13-29(14-10-27)35-25-33(43-3)21-23-37(35)45-39(41)31-17-19-32(20-18-31)40(42)46-38-24-22-34(44-4)26-36(38)30-15-11-28(8-6-2)12-16-30/h9-16,21-26,31-32H,5-8,17-20H2,1-4H3. The molecule has 0 heterocycles. The maximum atomic E-state index is 13.4. The highest BCUT2D eigenvalue weighted by Gasteiger charge is 2.33. The van der Waals surface area contributed by atoms with Gasteiger partial charge in [-0.1, -0.05) is 75.2 Å². The molecule has 0 bridgehead atoms. The number of rotatable bonds is 12. The minimum Gasteiger partial charge on any atom is -0.497 e. The van der Waals surface area contributed by atoms with Crippen molar-refractivity contribution in [1.82, 2.24) is 0 Å². The quantitative estimate of drug-likeness (QED) is 0.116. The first-order valence-corrected chi connectivity index (χ1v) is 16.4. The highest BCUT2D eigenvalue weighted by molar-refractivity contribution is 5.82. The van der Waals surface area contributed by atoms with E-state index in [1.54, 1.807) is 38.5 Å². The Morgan fingerprint density at radius 1 is 0.565 bits per heavy atom. The first kappa shape index (κ1) is 32.8. The van der Waals surface area contributed by atoms with Gasteiger partial charge in [0.1, 0.15) is 23.0 Å². The van der Waals surface area contributed by atoms with E-state index in [0.717, 1.165) is 47.9 Å². The van der Waals surface area contributed by atoms with Gasteiger partial charge in [-0.05, 0) is 97.2 Å². The molecule has 5 rings (SSSR count). The second kappa shape index (κ2) is 15.6. The first-order chi connectivity index (χ1) is 22.4. The molecule has 1 aliphatic rings. The molecule has 4 aromatic carbocycles. The van der Waals surface area contributed by atoms with Crippen LogP contribution >= 0.6 is 0 Å². The normalized spacial score (nSPS) is 16.0. The van der Waals surface area contributed by atoms with Gasteiger partial charge in [-0.15, -0.1) is 0 Å². The van der Waals surface area contributed by atoms with E-state index in [1.807, 2.05) is 12.1 Å². The Kier molecular flexibility index (Phi) is 11.1. The summed E-state index contributed by atoms with van der Waals surface area (Å²) in [7, 11) is 3.25. The average molecular weight is 621 g/mol. The van der Waals surface area contributed by atoms with E-state index < -0.39 is 0 Å². The molecular weight excluding hydrogens is 576 g/mol. The molecule has 0 radical (unpaired) electrons. The fourth-order valence-electron chi connectivity index (χ4n) is 6.13. The summed E-state index contributed by atoms with van der Waals surface area (Å²) in [6.07, 6.45) is 6.44. The third kappa shape index (κ3) is 7.97. The fourth-order valence-corrected chi connectivity index (χ4v) is 6.13. The molecule has 0 aliphatic heterocycles. The van der Waals surface area contributed by atoms with Crippen molar-refractivity contribution in [2.75, 3.05) is 14.2 Å². The van der Waals surface area contributed by atoms with Gasteiger partial charge in [0.05, 0.1) is 26.1 Å². The molecule has 0 atom stereocenters. The van der Waals surface area contributed by atoms with Gasteiger partial charge in [0, 0.05) is 11.1 Å². The number of methoxy groups -OCH3 is 2. The van der Waals surface area contributed by atoms with E-state index in [0.29, 0.717) is 48.7 Å². The van der Waals surface area contributed by atoms with Gasteiger partial charge in [0.2, 0.25) is 0 Å². The molecule has 46 heavy (non-hydrogen) atoms. The molecule has 4 aromatic rings. The lowest BCUT2D eigenvalue weighted by Gasteiger charge is -2.26. The maximum Gasteiger partial charge on any atom is 0.314 e. The summed E-state index contributed by atoms with van der Waals surface area (Å²) >= 11 is 0. The Hall–Kier alpha value is -4.58. The van der Waals surface area contributed by atoms with Crippen molar-refractivity contribution >= 4 is 11.9 Å². The number of aryl methyl sites for hydroxylation is 2. The van der Waals surface area contributed by atoms with Crippen molar-refractivity contribution in [3.8, 4) is 45.3 Å². The lowest BCUT2D eigenvalue weighted by atomic mass is 9.82. The number of benzene rings is 4. The van der Waals surface area contributed by atoms with Crippen LogP contribution in [-0.2, 0) is 22.4 Å². The molecular formula is C40H44O6. The average Bonchev–Trinajstić information content (AvgIpc) is 3.09. The summed E-state index contributed by atoms with van der Waals surface area (Å²) in [6.45, 7) is 4.32. The van der Waals surface area contributed by atoms with Crippen LogP contribution in [0.1, 0.15) is 63.5 Å². The minimum absolute atomic E-state index is 0.273. The van der Waals surface area contributed by atoms with Gasteiger partial charge >= 0.3 is 11.9 Å². The van der Waals surface area contributed by atoms with Crippen LogP contribution in [0.2, 0.25) is 0 Å². The van der Waals surface area contributed by atoms with Gasteiger partial charge < -0.3 is 18.9 Å². The molecule has 0 aromatic heterocycles. The summed E-state index contributed by atoms with van der Waals surface area (Å²) in [6, 6.07) is 27.7. The van der Waals surface area contributed by atoms with Crippen molar-refractivity contribution in [3.63, 3.8) is 0 Å². The van der Waals surface area contributed by atoms with Gasteiger partial charge in [-0.2, -0.15) is 0 Å². The number of carbonyl (C=O) groups excluding carboxylic acids is 2. The third-order valence-corrected chi connectivity index (χ3v) is 8.80. The monoisotopic (exact) mass is 620 g/mol. The third-order valence-electron chi connectivity index (χ3n) is 8.80. The van der Waals surface area contributed by atoms with Crippen LogP contribution in [0.4, 0.5) is 0 Å². The molecule has 1 aliphatic carbocycles. The predicted octanol–water partition coefficient (Wildman–Crippen LogP) is 9.26. The van der Waals surface area contributed by atoms with Crippen molar-refractivity contribution in [2.24, 2.45) is 11.8 Å². The molecule has 0 spiro atoms. The molecule has 0 saturated heterocycles. The lowest BCUT2D eigenvalue weighted by Crippen LogP contribution is -2.30. The summed E-state index contributed by atoms with van der Waals surface area (Å²) in [5.41, 5.74) is 6.08. The largest absolute Gasteiger partial charge is 0.497 e. The Balaban J connectivity index is 1.23. The molecule has 1 fully saturated rings. The van der Waals surface area contributed by atoms with Crippen molar-refractivity contribution in [3.05, 3.63) is 96.1 Å². The number of hydrogen-bond acceptors (Lipinski definition) is 6. The van der Waals surface area contributed by atoms with Crippen LogP contribution in [0.5, 0.6) is 23.0 Å². The van der Waals surface area contributed by atoms with Gasteiger partial charge in [-0.3, -0.25) is 9.59 Å². The van der Waals surface area contributed by atoms with Gasteiger partial charge in [0.15, 0.2) is 0 Å². The molecule has 240 valence electrons. The highest BCUT2D eigenvalue weighted by atomic mass is 16.5. The van der Waals surface area contributed by atoms with Crippen LogP contribution in [-0.4, -0.2) is 26.2 Å². The molecule has 0 unspecified atom stereocenters. The first-order valence-electron chi connectivity index (χ1n) is 16.4. The van der Waals surface area contributed by atoms with Crippen molar-refractivity contribution < 1.29 is 28.5 Å². The zero-order valence-electron chi connectivity index (χ0n) is 27.3. The predicted molar refractivity (Wildman–Crippen MR) is 182 cm³/mol. The number of esters is 2. The van der Waals surface area contributed by atoms with E-state index in [9.17, 15) is 9.59 Å². The molecule has 6 heteroatoms. The zero-order chi connectivity index (χ0) is 32.5. The molecule has 1 saturated carbocycles. The zero-order valence-corrected chi connectivity index (χ0v) is 27.3. The summed E-state index contributed by atoms with van der Waals surface area (Å²) in [5, 5.41) is 0. The maximum absolute atomic E-state index is 13.4. The van der Waals surface area contributed by atoms with Crippen LogP contribution in [0.25, 0.3) is 22.3 Å². The van der Waals surface area contributed by atoms with Crippen molar-refractivity contribution in [2.45, 2.75) is 65.2 Å². The Bertz CT molecular complexity index is 1490. The van der Waals surface area contributed by atoms with Crippen molar-refractivity contribution in [1.29, 1.82) is 0 Å². The Morgan fingerprint density at radius 2 is 0.935 bits per heavy atom. The van der Waals surface area contributed by atoms with E-state index >= 15 is 0 Å². The summed E-state index contributed by atoms with van der Waals surface area (Å²) < 4.78 is 22.9. The van der Waals surface area contributed by atoms with E-state index in [4.69, 9.17) is 18.9 Å². The van der Waals surface area contributed by atoms with Crippen LogP contribution in [0, 0.1) is 11.8 Å². The van der Waals surface area contributed by atoms with E-state index in [-0.39, 0.29) is 23.8 Å². The van der Waals surface area contributed by atoms with Crippen LogP contribution in [0.3, 0.4) is 0 Å². The van der Waals surface area contributed by atoms with Crippen LogP contribution in [0.15, 0.2) is 84.9 Å². The van der Waals surface area contributed by atoms with Gasteiger partial charge in [0.25, 0.3) is 0 Å². The Labute approximate surface area is 272 Å². The molecule has 0 N–H and O–H groups in total. The minimum atomic E-state index is -0.288. The highest BCUT2D eigenvalue weighted by Crippen LogP contribution is 2.38. The van der Waals surface area contributed by atoms with Crippen LogP contribution < -0.4 is 18.9 Å². The topological polar surface area (TPSA) is 71.1 Å². The molecule has 0 amide bonds. The molecule has 6 nitrogen and oxygen atoms in total. The smallest absolute Gasteiger partial charge is 0.314 e. The summed E-state index contributed by atoms with van der Waals surface area (Å²) in [5.74, 6) is 1.28. The number of carbonyl (C=O) groups is 2. The lowest BCUT2D eigenvalue weighted by molar-refractivity contribution is -0.145.